The standard InChI is InChI=1S/C15H20BrNS/c16-14-2-1-13(18-14)9-17-15-6-10-3-11(7-15)5-12(4-10)8-15/h1-2,10-12,17H,3-9H2/p+1. The van der Waals surface area contributed by atoms with E-state index in [2.05, 4.69) is 33.4 Å². The van der Waals surface area contributed by atoms with Crippen molar-refractivity contribution < 1.29 is 5.32 Å². The fourth-order valence-corrected chi connectivity index (χ4v) is 6.65. The van der Waals surface area contributed by atoms with Gasteiger partial charge in [-0.05, 0) is 65.1 Å². The summed E-state index contributed by atoms with van der Waals surface area (Å²) >= 11 is 5.47. The molecule has 5 rings (SSSR count). The zero-order valence-electron chi connectivity index (χ0n) is 10.7. The van der Waals surface area contributed by atoms with E-state index in [0.29, 0.717) is 5.54 Å². The van der Waals surface area contributed by atoms with Gasteiger partial charge in [0.25, 0.3) is 0 Å². The minimum atomic E-state index is 0.630. The maximum absolute atomic E-state index is 3.57. The van der Waals surface area contributed by atoms with E-state index in [9.17, 15) is 0 Å². The Hall–Kier alpha value is 0.140. The highest BCUT2D eigenvalue weighted by Gasteiger charge is 2.53. The Morgan fingerprint density at radius 1 is 1.11 bits per heavy atom. The first-order valence-corrected chi connectivity index (χ1v) is 8.90. The van der Waals surface area contributed by atoms with Gasteiger partial charge in [-0.15, -0.1) is 11.3 Å². The van der Waals surface area contributed by atoms with Crippen molar-refractivity contribution in [2.75, 3.05) is 0 Å². The number of nitrogens with two attached hydrogens (primary N) is 1. The van der Waals surface area contributed by atoms with Crippen molar-refractivity contribution in [1.29, 1.82) is 0 Å². The van der Waals surface area contributed by atoms with Crippen molar-refractivity contribution in [2.24, 2.45) is 17.8 Å². The maximum Gasteiger partial charge on any atom is 0.111 e. The van der Waals surface area contributed by atoms with Crippen LogP contribution in [0.4, 0.5) is 0 Å². The van der Waals surface area contributed by atoms with Crippen LogP contribution in [-0.2, 0) is 6.54 Å². The molecule has 1 aromatic heterocycles. The zero-order valence-corrected chi connectivity index (χ0v) is 13.1. The second kappa shape index (κ2) is 4.32. The van der Waals surface area contributed by atoms with Crippen LogP contribution in [0.2, 0.25) is 0 Å². The average molecular weight is 327 g/mol. The number of rotatable bonds is 3. The van der Waals surface area contributed by atoms with Gasteiger partial charge >= 0.3 is 0 Å². The summed E-state index contributed by atoms with van der Waals surface area (Å²) in [5.41, 5.74) is 0.630. The highest BCUT2D eigenvalue weighted by Crippen LogP contribution is 2.54. The zero-order chi connectivity index (χ0) is 12.2. The van der Waals surface area contributed by atoms with E-state index in [-0.39, 0.29) is 0 Å². The summed E-state index contributed by atoms with van der Waals surface area (Å²) in [6.07, 6.45) is 9.18. The van der Waals surface area contributed by atoms with Crippen LogP contribution in [0.1, 0.15) is 43.4 Å². The molecule has 1 heterocycles. The van der Waals surface area contributed by atoms with Crippen molar-refractivity contribution in [3.05, 3.63) is 20.8 Å². The van der Waals surface area contributed by atoms with Crippen LogP contribution < -0.4 is 5.32 Å². The predicted molar refractivity (Wildman–Crippen MR) is 78.6 cm³/mol. The monoisotopic (exact) mass is 326 g/mol. The Balaban J connectivity index is 1.47. The molecule has 98 valence electrons. The van der Waals surface area contributed by atoms with E-state index >= 15 is 0 Å². The minimum Gasteiger partial charge on any atom is -0.337 e. The van der Waals surface area contributed by atoms with Crippen LogP contribution in [0, 0.1) is 17.8 Å². The minimum absolute atomic E-state index is 0.630. The van der Waals surface area contributed by atoms with Gasteiger partial charge in [0, 0.05) is 19.3 Å². The first-order valence-electron chi connectivity index (χ1n) is 7.29. The molecule has 0 spiro atoms. The molecule has 2 N–H and O–H groups in total. The van der Waals surface area contributed by atoms with Gasteiger partial charge in [0.05, 0.1) is 14.2 Å². The molecule has 4 aliphatic carbocycles. The normalized spacial score (nSPS) is 41.5. The lowest BCUT2D eigenvalue weighted by atomic mass is 9.53. The fraction of sp³-hybridized carbons (Fsp3) is 0.733. The Morgan fingerprint density at radius 2 is 1.72 bits per heavy atom. The Kier molecular flexibility index (Phi) is 2.86. The number of hydrogen-bond acceptors (Lipinski definition) is 1. The smallest absolute Gasteiger partial charge is 0.111 e. The number of halogens is 1. The van der Waals surface area contributed by atoms with Gasteiger partial charge in [-0.25, -0.2) is 0 Å². The van der Waals surface area contributed by atoms with E-state index < -0.39 is 0 Å². The second-order valence-electron chi connectivity index (χ2n) is 6.89. The van der Waals surface area contributed by atoms with E-state index in [1.807, 2.05) is 11.3 Å². The highest BCUT2D eigenvalue weighted by atomic mass is 79.9. The van der Waals surface area contributed by atoms with Gasteiger partial charge in [-0.2, -0.15) is 0 Å². The van der Waals surface area contributed by atoms with Crippen LogP contribution in [0.15, 0.2) is 15.9 Å². The summed E-state index contributed by atoms with van der Waals surface area (Å²) in [7, 11) is 0. The van der Waals surface area contributed by atoms with E-state index in [4.69, 9.17) is 0 Å². The molecule has 3 heteroatoms. The lowest BCUT2D eigenvalue weighted by molar-refractivity contribution is -0.752. The van der Waals surface area contributed by atoms with Crippen molar-refractivity contribution in [1.82, 2.24) is 0 Å². The van der Waals surface area contributed by atoms with Crippen LogP contribution in [0.25, 0.3) is 0 Å². The van der Waals surface area contributed by atoms with Crippen LogP contribution in [0.5, 0.6) is 0 Å². The molecule has 4 saturated carbocycles. The first-order chi connectivity index (χ1) is 8.71. The summed E-state index contributed by atoms with van der Waals surface area (Å²) in [6.45, 7) is 1.20. The predicted octanol–water partition coefficient (Wildman–Crippen LogP) is 3.54. The SMILES string of the molecule is Brc1ccc(C[NH2+]C23CC4CC(CC(C4)C2)C3)s1. The number of thiophene rings is 1. The van der Waals surface area contributed by atoms with Gasteiger partial charge < -0.3 is 5.32 Å². The van der Waals surface area contributed by atoms with Gasteiger partial charge in [0.1, 0.15) is 6.54 Å². The molecule has 1 nitrogen and oxygen atoms in total. The largest absolute Gasteiger partial charge is 0.337 e. The molecule has 0 atom stereocenters. The number of hydrogen-bond donors (Lipinski definition) is 1. The maximum atomic E-state index is 3.57. The van der Waals surface area contributed by atoms with Gasteiger partial charge in [-0.1, -0.05) is 0 Å². The molecular formula is C15H21BrNS+. The van der Waals surface area contributed by atoms with Crippen LogP contribution in [0.3, 0.4) is 0 Å². The lowest BCUT2D eigenvalue weighted by Gasteiger charge is -2.54. The van der Waals surface area contributed by atoms with Crippen molar-refractivity contribution >= 4 is 27.3 Å². The van der Waals surface area contributed by atoms with Gasteiger partial charge in [0.15, 0.2) is 0 Å². The lowest BCUT2D eigenvalue weighted by Crippen LogP contribution is -2.97. The van der Waals surface area contributed by atoms with Crippen molar-refractivity contribution in [2.45, 2.75) is 50.6 Å². The molecule has 4 bridgehead atoms. The molecule has 1 aromatic rings. The summed E-state index contributed by atoms with van der Waals surface area (Å²) in [5.74, 6) is 3.22. The van der Waals surface area contributed by atoms with Gasteiger partial charge in [-0.3, -0.25) is 0 Å². The van der Waals surface area contributed by atoms with Crippen LogP contribution in [-0.4, -0.2) is 5.54 Å². The third-order valence-corrected chi connectivity index (χ3v) is 7.10. The van der Waals surface area contributed by atoms with E-state index in [0.717, 1.165) is 17.8 Å². The average Bonchev–Trinajstić information content (AvgIpc) is 2.71. The summed E-state index contributed by atoms with van der Waals surface area (Å²) < 4.78 is 1.27. The molecule has 0 radical (unpaired) electrons. The molecule has 4 aliphatic rings. The molecule has 0 saturated heterocycles. The van der Waals surface area contributed by atoms with Gasteiger partial charge in [0.2, 0.25) is 0 Å². The fourth-order valence-electron chi connectivity index (χ4n) is 5.21. The summed E-state index contributed by atoms with van der Waals surface area (Å²) in [4.78, 5) is 1.53. The Bertz CT molecular complexity index is 418. The molecule has 4 fully saturated rings. The summed E-state index contributed by atoms with van der Waals surface area (Å²) in [6, 6.07) is 4.47. The molecule has 0 unspecified atom stereocenters. The third kappa shape index (κ3) is 2.08. The summed E-state index contributed by atoms with van der Waals surface area (Å²) in [5, 5.41) is 2.70. The molecule has 18 heavy (non-hydrogen) atoms. The second-order valence-corrected chi connectivity index (χ2v) is 9.44. The van der Waals surface area contributed by atoms with Crippen molar-refractivity contribution in [3.63, 3.8) is 0 Å². The van der Waals surface area contributed by atoms with Crippen molar-refractivity contribution in [3.8, 4) is 0 Å². The molecule has 0 aliphatic heterocycles. The molecule has 0 aromatic carbocycles. The Morgan fingerprint density at radius 3 is 2.22 bits per heavy atom. The molecule has 0 amide bonds. The Labute approximate surface area is 121 Å². The van der Waals surface area contributed by atoms with E-state index in [1.165, 1.54) is 34.5 Å². The van der Waals surface area contributed by atoms with Crippen LogP contribution >= 0.6 is 27.3 Å². The topological polar surface area (TPSA) is 16.6 Å². The third-order valence-electron chi connectivity index (χ3n) is 5.45. The van der Waals surface area contributed by atoms with E-state index in [1.54, 1.807) is 19.3 Å². The highest BCUT2D eigenvalue weighted by molar-refractivity contribution is 9.11. The molecular weight excluding hydrogens is 306 g/mol. The quantitative estimate of drug-likeness (QED) is 0.874. The number of quaternary nitrogens is 1. The first kappa shape index (κ1) is 11.9.